The Bertz CT molecular complexity index is 1010. The Balaban J connectivity index is 2.98. The molecule has 0 saturated heterocycles. The van der Waals surface area contributed by atoms with Crippen molar-refractivity contribution in [2.24, 2.45) is 0 Å². The van der Waals surface area contributed by atoms with Crippen molar-refractivity contribution in [3.05, 3.63) is 28.3 Å². The predicted molar refractivity (Wildman–Crippen MR) is 217 cm³/mol. The molecule has 1 aromatic rings. The molecule has 3 nitrogen and oxygen atoms in total. The normalized spacial score (nSPS) is 12.1. The van der Waals surface area contributed by atoms with Crippen molar-refractivity contribution in [2.75, 3.05) is 0 Å². The fourth-order valence-electron chi connectivity index (χ4n) is 7.88. The maximum atomic E-state index is 12.9. The molecule has 0 atom stereocenters. The molecule has 1 N–H and O–H groups in total. The Kier molecular flexibility index (Phi) is 28.9. The van der Waals surface area contributed by atoms with Crippen LogP contribution in [-0.4, -0.2) is 13.0 Å². The number of hydrogen-bond acceptors (Lipinski definition) is 2. The van der Waals surface area contributed by atoms with Crippen LogP contribution in [0.1, 0.15) is 255 Å². The average molecular weight is 705 g/mol. The summed E-state index contributed by atoms with van der Waals surface area (Å²) in [5, 5.41) is 0. The number of unbranched alkanes of at least 4 members (excludes halogenated alkanes) is 27. The van der Waals surface area contributed by atoms with E-state index in [0.717, 1.165) is 37.7 Å². The molecule has 0 radical (unpaired) electrons. The van der Waals surface area contributed by atoms with Crippen LogP contribution in [0.4, 0.5) is 0 Å². The van der Waals surface area contributed by atoms with Gasteiger partial charge >= 0.3 is 0 Å². The van der Waals surface area contributed by atoms with Crippen molar-refractivity contribution in [3.63, 3.8) is 0 Å². The summed E-state index contributed by atoms with van der Waals surface area (Å²) in [4.78, 5) is 0.193. The van der Waals surface area contributed by atoms with E-state index in [2.05, 4.69) is 34.6 Å². The molecule has 0 fully saturated rings. The van der Waals surface area contributed by atoms with E-state index in [4.69, 9.17) is 0 Å². The van der Waals surface area contributed by atoms with Gasteiger partial charge in [0.1, 0.15) is 0 Å². The Morgan fingerprint density at radius 2 is 0.735 bits per heavy atom. The Morgan fingerprint density at radius 3 is 1.04 bits per heavy atom. The average Bonchev–Trinajstić information content (AvgIpc) is 3.07. The molecule has 0 heterocycles. The lowest BCUT2D eigenvalue weighted by atomic mass is 9.83. The second kappa shape index (κ2) is 30.7. The lowest BCUT2D eigenvalue weighted by Gasteiger charge is -2.24. The van der Waals surface area contributed by atoms with E-state index in [1.165, 1.54) is 196 Å². The third kappa shape index (κ3) is 22.6. The SMILES string of the molecule is CCCCCCCCCCCCc1cc(S(=O)(=O)O)c(C(C)C)c(CCCCCCCCCCCC)c1CCCCCCCCCCCC. The van der Waals surface area contributed by atoms with E-state index >= 15 is 0 Å². The zero-order valence-electron chi connectivity index (χ0n) is 33.7. The number of aryl methyl sites for hydroxylation is 1. The first-order valence-electron chi connectivity index (χ1n) is 21.9. The van der Waals surface area contributed by atoms with Crippen LogP contribution >= 0.6 is 0 Å². The van der Waals surface area contributed by atoms with Gasteiger partial charge < -0.3 is 0 Å². The molecule has 4 heteroatoms. The van der Waals surface area contributed by atoms with Gasteiger partial charge in [0.05, 0.1) is 4.90 Å². The third-order valence-corrected chi connectivity index (χ3v) is 11.8. The minimum atomic E-state index is -4.29. The number of benzene rings is 1. The third-order valence-electron chi connectivity index (χ3n) is 10.9. The summed E-state index contributed by atoms with van der Waals surface area (Å²) in [6.07, 6.45) is 42.2. The van der Waals surface area contributed by atoms with E-state index in [1.54, 1.807) is 0 Å². The van der Waals surface area contributed by atoms with Crippen LogP contribution in [0.25, 0.3) is 0 Å². The van der Waals surface area contributed by atoms with Crippen molar-refractivity contribution in [3.8, 4) is 0 Å². The lowest BCUT2D eigenvalue weighted by Crippen LogP contribution is -2.14. The molecule has 1 rings (SSSR count). The molecule has 0 amide bonds. The monoisotopic (exact) mass is 705 g/mol. The smallest absolute Gasteiger partial charge is 0.282 e. The van der Waals surface area contributed by atoms with Crippen molar-refractivity contribution < 1.29 is 13.0 Å². The molecule has 0 saturated carbocycles. The minimum Gasteiger partial charge on any atom is -0.282 e. The summed E-state index contributed by atoms with van der Waals surface area (Å²) in [6, 6.07) is 1.89. The molecule has 49 heavy (non-hydrogen) atoms. The summed E-state index contributed by atoms with van der Waals surface area (Å²) in [6.45, 7) is 11.1. The molecule has 0 aliphatic rings. The molecule has 0 aromatic heterocycles. The molecule has 0 aliphatic carbocycles. The van der Waals surface area contributed by atoms with Gasteiger partial charge in [0.15, 0.2) is 0 Å². The molecule has 288 valence electrons. The van der Waals surface area contributed by atoms with Crippen LogP contribution in [0.2, 0.25) is 0 Å². The number of hydrogen-bond donors (Lipinski definition) is 1. The molecular formula is C45H84O3S. The van der Waals surface area contributed by atoms with Gasteiger partial charge in [0, 0.05) is 0 Å². The van der Waals surface area contributed by atoms with Gasteiger partial charge in [0.2, 0.25) is 0 Å². The Hall–Kier alpha value is -0.870. The summed E-state index contributed by atoms with van der Waals surface area (Å²) in [5.41, 5.74) is 4.80. The van der Waals surface area contributed by atoms with E-state index in [0.29, 0.717) is 0 Å². The zero-order chi connectivity index (χ0) is 36.0. The van der Waals surface area contributed by atoms with Crippen molar-refractivity contribution >= 4 is 10.1 Å². The van der Waals surface area contributed by atoms with Crippen molar-refractivity contribution in [1.29, 1.82) is 0 Å². The second-order valence-corrected chi connectivity index (χ2v) is 17.2. The summed E-state index contributed by atoms with van der Waals surface area (Å²) in [7, 11) is -4.29. The van der Waals surface area contributed by atoms with Crippen LogP contribution in [0.5, 0.6) is 0 Å². The van der Waals surface area contributed by atoms with Gasteiger partial charge in [-0.1, -0.05) is 208 Å². The number of rotatable bonds is 35. The van der Waals surface area contributed by atoms with Gasteiger partial charge in [-0.2, -0.15) is 8.42 Å². The first-order valence-corrected chi connectivity index (χ1v) is 23.4. The van der Waals surface area contributed by atoms with Gasteiger partial charge in [-0.3, -0.25) is 4.55 Å². The van der Waals surface area contributed by atoms with E-state index < -0.39 is 10.1 Å². The molecule has 0 aliphatic heterocycles. The Labute approximate surface area is 307 Å². The second-order valence-electron chi connectivity index (χ2n) is 15.8. The molecule has 0 bridgehead atoms. The van der Waals surface area contributed by atoms with Gasteiger partial charge in [-0.25, -0.2) is 0 Å². The fraction of sp³-hybridized carbons (Fsp3) is 0.867. The summed E-state index contributed by atoms with van der Waals surface area (Å²) >= 11 is 0. The molecular weight excluding hydrogens is 621 g/mol. The van der Waals surface area contributed by atoms with Gasteiger partial charge in [0.25, 0.3) is 10.1 Å². The molecule has 0 unspecified atom stereocenters. The van der Waals surface area contributed by atoms with Crippen molar-refractivity contribution in [1.82, 2.24) is 0 Å². The van der Waals surface area contributed by atoms with E-state index in [1.807, 2.05) is 6.07 Å². The predicted octanol–water partition coefficient (Wildman–Crippen LogP) is 15.4. The minimum absolute atomic E-state index is 0.0629. The van der Waals surface area contributed by atoms with Crippen LogP contribution in [0.15, 0.2) is 11.0 Å². The molecule has 1 aromatic carbocycles. The topological polar surface area (TPSA) is 54.4 Å². The first-order chi connectivity index (χ1) is 23.8. The summed E-state index contributed by atoms with van der Waals surface area (Å²) in [5.74, 6) is 0.0629. The maximum absolute atomic E-state index is 12.9. The summed E-state index contributed by atoms with van der Waals surface area (Å²) < 4.78 is 36.2. The van der Waals surface area contributed by atoms with Crippen molar-refractivity contribution in [2.45, 2.75) is 257 Å². The zero-order valence-corrected chi connectivity index (χ0v) is 34.5. The Morgan fingerprint density at radius 1 is 0.449 bits per heavy atom. The quantitative estimate of drug-likeness (QED) is 0.0565. The highest BCUT2D eigenvalue weighted by molar-refractivity contribution is 7.85. The fourth-order valence-corrected chi connectivity index (χ4v) is 8.80. The van der Waals surface area contributed by atoms with E-state index in [-0.39, 0.29) is 10.8 Å². The lowest BCUT2D eigenvalue weighted by molar-refractivity contribution is 0.480. The first kappa shape index (κ1) is 46.2. The standard InChI is InChI=1S/C45H84O3S/c1-6-9-12-15-18-21-24-27-30-33-36-41-39-44(49(46,47)48)45(40(4)5)43(38-35-32-29-26-23-20-17-14-11-8-3)42(41)37-34-31-28-25-22-19-16-13-10-7-2/h39-40H,6-38H2,1-5H3,(H,46,47,48). The van der Waals surface area contributed by atoms with Crippen LogP contribution in [-0.2, 0) is 29.4 Å². The van der Waals surface area contributed by atoms with Gasteiger partial charge in [-0.05, 0) is 72.8 Å². The highest BCUT2D eigenvalue weighted by Crippen LogP contribution is 2.35. The largest absolute Gasteiger partial charge is 0.294 e. The highest BCUT2D eigenvalue weighted by atomic mass is 32.2. The van der Waals surface area contributed by atoms with Gasteiger partial charge in [-0.15, -0.1) is 0 Å². The van der Waals surface area contributed by atoms with Crippen LogP contribution in [0.3, 0.4) is 0 Å². The highest BCUT2D eigenvalue weighted by Gasteiger charge is 2.25. The maximum Gasteiger partial charge on any atom is 0.294 e. The molecule has 0 spiro atoms. The van der Waals surface area contributed by atoms with Crippen LogP contribution in [0, 0.1) is 0 Å². The van der Waals surface area contributed by atoms with E-state index in [9.17, 15) is 13.0 Å². The van der Waals surface area contributed by atoms with Crippen LogP contribution < -0.4 is 0 Å².